The lowest BCUT2D eigenvalue weighted by Crippen LogP contribution is -2.22. The van der Waals surface area contributed by atoms with Gasteiger partial charge in [-0.05, 0) is 30.7 Å². The highest BCUT2D eigenvalue weighted by Gasteiger charge is 2.32. The lowest BCUT2D eigenvalue weighted by molar-refractivity contribution is -0.118. The molecule has 2 rings (SSSR count). The molecule has 1 aliphatic heterocycles. The van der Waals surface area contributed by atoms with E-state index in [4.69, 9.17) is 5.11 Å². The first kappa shape index (κ1) is 9.71. The summed E-state index contributed by atoms with van der Waals surface area (Å²) in [6.07, 6.45) is 0. The van der Waals surface area contributed by atoms with Crippen molar-refractivity contribution in [3.05, 3.63) is 29.3 Å². The number of carbonyl (C=O) groups excluding carboxylic acids is 1. The van der Waals surface area contributed by atoms with Crippen molar-refractivity contribution in [1.29, 1.82) is 0 Å². The van der Waals surface area contributed by atoms with Crippen LogP contribution in [-0.2, 0) is 4.79 Å². The standard InChI is InChI=1S/C11H11NO3/c1-6-8-5-7(11(14)15)3-4-9(8)12(2)10(6)13/h3-6H,1-2H3,(H,14,15). The fourth-order valence-corrected chi connectivity index (χ4v) is 1.88. The third kappa shape index (κ3) is 1.29. The Kier molecular flexibility index (Phi) is 2.00. The Morgan fingerprint density at radius 2 is 2.13 bits per heavy atom. The fraction of sp³-hybridized carbons (Fsp3) is 0.273. The van der Waals surface area contributed by atoms with Crippen LogP contribution in [-0.4, -0.2) is 24.0 Å². The summed E-state index contributed by atoms with van der Waals surface area (Å²) in [7, 11) is 1.70. The molecule has 4 heteroatoms. The molecule has 0 bridgehead atoms. The van der Waals surface area contributed by atoms with Crippen molar-refractivity contribution in [1.82, 2.24) is 0 Å². The average molecular weight is 205 g/mol. The number of hydrogen-bond acceptors (Lipinski definition) is 2. The summed E-state index contributed by atoms with van der Waals surface area (Å²) in [6.45, 7) is 1.79. The van der Waals surface area contributed by atoms with Crippen LogP contribution in [0.3, 0.4) is 0 Å². The summed E-state index contributed by atoms with van der Waals surface area (Å²) in [4.78, 5) is 24.0. The molecule has 0 fully saturated rings. The zero-order valence-electron chi connectivity index (χ0n) is 8.52. The van der Waals surface area contributed by atoms with E-state index in [-0.39, 0.29) is 17.4 Å². The number of hydrogen-bond donors (Lipinski definition) is 1. The highest BCUT2D eigenvalue weighted by atomic mass is 16.4. The van der Waals surface area contributed by atoms with Crippen molar-refractivity contribution in [2.24, 2.45) is 0 Å². The summed E-state index contributed by atoms with van der Waals surface area (Å²) in [5.41, 5.74) is 1.82. The minimum absolute atomic E-state index is 0.00698. The summed E-state index contributed by atoms with van der Waals surface area (Å²) in [5.74, 6) is -1.20. The van der Waals surface area contributed by atoms with E-state index in [0.717, 1.165) is 11.3 Å². The van der Waals surface area contributed by atoms with Gasteiger partial charge in [0, 0.05) is 12.7 Å². The maximum absolute atomic E-state index is 11.6. The molecule has 0 radical (unpaired) electrons. The van der Waals surface area contributed by atoms with Crippen LogP contribution in [0.25, 0.3) is 0 Å². The van der Waals surface area contributed by atoms with Crippen molar-refractivity contribution < 1.29 is 14.7 Å². The fourth-order valence-electron chi connectivity index (χ4n) is 1.88. The number of anilines is 1. The number of amides is 1. The molecule has 1 aliphatic rings. The number of carboxylic acid groups (broad SMARTS) is 1. The third-order valence-corrected chi connectivity index (χ3v) is 2.80. The smallest absolute Gasteiger partial charge is 0.335 e. The number of aromatic carboxylic acids is 1. The molecule has 1 N–H and O–H groups in total. The molecule has 0 saturated carbocycles. The highest BCUT2D eigenvalue weighted by molar-refractivity contribution is 6.05. The maximum Gasteiger partial charge on any atom is 0.335 e. The van der Waals surface area contributed by atoms with Gasteiger partial charge in [-0.3, -0.25) is 4.79 Å². The third-order valence-electron chi connectivity index (χ3n) is 2.80. The van der Waals surface area contributed by atoms with Gasteiger partial charge in [0.05, 0.1) is 11.5 Å². The minimum Gasteiger partial charge on any atom is -0.478 e. The predicted molar refractivity (Wildman–Crippen MR) is 55.2 cm³/mol. The Morgan fingerprint density at radius 1 is 1.47 bits per heavy atom. The van der Waals surface area contributed by atoms with Gasteiger partial charge in [0.2, 0.25) is 5.91 Å². The Morgan fingerprint density at radius 3 is 2.73 bits per heavy atom. The Labute approximate surface area is 87.1 Å². The SMILES string of the molecule is CC1C(=O)N(C)c2ccc(C(=O)O)cc21. The number of likely N-dealkylation sites (N-methyl/N-ethyl adjacent to an activating group) is 1. The highest BCUT2D eigenvalue weighted by Crippen LogP contribution is 2.36. The Balaban J connectivity index is 2.56. The summed E-state index contributed by atoms with van der Waals surface area (Å²) in [6, 6.07) is 4.77. The van der Waals surface area contributed by atoms with Gasteiger partial charge in [-0.15, -0.1) is 0 Å². The number of rotatable bonds is 1. The van der Waals surface area contributed by atoms with Crippen molar-refractivity contribution in [3.8, 4) is 0 Å². The quantitative estimate of drug-likeness (QED) is 0.755. The van der Waals surface area contributed by atoms with Crippen LogP contribution in [0.5, 0.6) is 0 Å². The van der Waals surface area contributed by atoms with Crippen LogP contribution in [0.15, 0.2) is 18.2 Å². The van der Waals surface area contributed by atoms with Crippen LogP contribution >= 0.6 is 0 Å². The van der Waals surface area contributed by atoms with Crippen LogP contribution in [0, 0.1) is 0 Å². The van der Waals surface area contributed by atoms with Gasteiger partial charge >= 0.3 is 5.97 Å². The van der Waals surface area contributed by atoms with E-state index < -0.39 is 5.97 Å². The predicted octanol–water partition coefficient (Wildman–Crippen LogP) is 1.46. The van der Waals surface area contributed by atoms with E-state index >= 15 is 0 Å². The molecule has 0 saturated heterocycles. The number of fused-ring (bicyclic) bond motifs is 1. The average Bonchev–Trinajstić information content (AvgIpc) is 2.44. The van der Waals surface area contributed by atoms with Crippen molar-refractivity contribution in [3.63, 3.8) is 0 Å². The molecule has 1 amide bonds. The Bertz CT molecular complexity index is 453. The lowest BCUT2D eigenvalue weighted by atomic mass is 10.0. The molecule has 1 atom stereocenters. The molecule has 1 aromatic rings. The van der Waals surface area contributed by atoms with E-state index in [9.17, 15) is 9.59 Å². The normalized spacial score (nSPS) is 19.2. The number of carboxylic acids is 1. The molecule has 1 unspecified atom stereocenters. The number of benzene rings is 1. The Hall–Kier alpha value is -1.84. The summed E-state index contributed by atoms with van der Waals surface area (Å²) in [5, 5.41) is 8.84. The first-order valence-electron chi connectivity index (χ1n) is 4.67. The molecular formula is C11H11NO3. The lowest BCUT2D eigenvalue weighted by Gasteiger charge is -2.09. The molecule has 0 spiro atoms. The number of nitrogens with zero attached hydrogens (tertiary/aromatic N) is 1. The topological polar surface area (TPSA) is 57.6 Å². The van der Waals surface area contributed by atoms with Gasteiger partial charge in [0.1, 0.15) is 0 Å². The van der Waals surface area contributed by atoms with Crippen LogP contribution in [0.1, 0.15) is 28.8 Å². The first-order valence-corrected chi connectivity index (χ1v) is 4.67. The van der Waals surface area contributed by atoms with Crippen LogP contribution in [0.2, 0.25) is 0 Å². The zero-order chi connectivity index (χ0) is 11.2. The van der Waals surface area contributed by atoms with Crippen LogP contribution in [0.4, 0.5) is 5.69 Å². The zero-order valence-corrected chi connectivity index (χ0v) is 8.52. The van der Waals surface area contributed by atoms with Gasteiger partial charge < -0.3 is 10.0 Å². The minimum atomic E-state index is -0.966. The van der Waals surface area contributed by atoms with E-state index in [0.29, 0.717) is 0 Å². The molecule has 1 heterocycles. The van der Waals surface area contributed by atoms with Gasteiger partial charge in [-0.1, -0.05) is 0 Å². The molecule has 4 nitrogen and oxygen atoms in total. The molecule has 0 aromatic heterocycles. The van der Waals surface area contributed by atoms with Crippen LogP contribution < -0.4 is 4.90 Å². The van der Waals surface area contributed by atoms with Crippen molar-refractivity contribution in [2.75, 3.05) is 11.9 Å². The molecule has 1 aromatic carbocycles. The summed E-state index contributed by atoms with van der Waals surface area (Å²) >= 11 is 0. The summed E-state index contributed by atoms with van der Waals surface area (Å²) < 4.78 is 0. The largest absolute Gasteiger partial charge is 0.478 e. The molecule has 15 heavy (non-hydrogen) atoms. The van der Waals surface area contributed by atoms with E-state index in [1.807, 2.05) is 0 Å². The maximum atomic E-state index is 11.6. The second-order valence-electron chi connectivity index (χ2n) is 3.70. The van der Waals surface area contributed by atoms with E-state index in [1.165, 1.54) is 6.07 Å². The van der Waals surface area contributed by atoms with Gasteiger partial charge in [0.25, 0.3) is 0 Å². The molecule has 78 valence electrons. The van der Waals surface area contributed by atoms with E-state index in [1.54, 1.807) is 31.0 Å². The van der Waals surface area contributed by atoms with Gasteiger partial charge in [0.15, 0.2) is 0 Å². The molecule has 0 aliphatic carbocycles. The van der Waals surface area contributed by atoms with Crippen molar-refractivity contribution in [2.45, 2.75) is 12.8 Å². The van der Waals surface area contributed by atoms with Gasteiger partial charge in [-0.2, -0.15) is 0 Å². The molecular weight excluding hydrogens is 194 g/mol. The van der Waals surface area contributed by atoms with Crippen molar-refractivity contribution >= 4 is 17.6 Å². The first-order chi connectivity index (χ1) is 7.02. The van der Waals surface area contributed by atoms with Gasteiger partial charge in [-0.25, -0.2) is 4.79 Å². The van der Waals surface area contributed by atoms with E-state index in [2.05, 4.69) is 0 Å². The second kappa shape index (κ2) is 3.08. The number of carbonyl (C=O) groups is 2. The second-order valence-corrected chi connectivity index (χ2v) is 3.70. The monoisotopic (exact) mass is 205 g/mol.